The highest BCUT2D eigenvalue weighted by Crippen LogP contribution is 2.24. The normalized spacial score (nSPS) is 13.1. The van der Waals surface area contributed by atoms with E-state index in [-0.39, 0.29) is 49.7 Å². The number of aliphatic hydroxyl groups excluding tert-OH is 1. The van der Waals surface area contributed by atoms with Gasteiger partial charge in [0, 0.05) is 6.42 Å². The number of rotatable bonds is 23. The average Bonchev–Trinajstić information content (AvgIpc) is 3.19. The number of ether oxygens (including phenoxy) is 2. The first kappa shape index (κ1) is 40.3. The SMILES string of the molecule is C=CCCCC(Cc1ccccc1)C(=O)OC(CNC(=O)C(CC=C)CC(=O)NC(CO)Cc1ccc(OCc2ccccc2)cc1)c1ccccc1. The van der Waals surface area contributed by atoms with Gasteiger partial charge >= 0.3 is 5.97 Å². The van der Waals surface area contributed by atoms with E-state index >= 15 is 0 Å². The lowest BCUT2D eigenvalue weighted by molar-refractivity contribution is -0.155. The van der Waals surface area contributed by atoms with E-state index in [0.29, 0.717) is 25.9 Å². The Hall–Kier alpha value is -5.47. The van der Waals surface area contributed by atoms with Crippen molar-refractivity contribution in [1.82, 2.24) is 10.6 Å². The quantitative estimate of drug-likeness (QED) is 0.0417. The van der Waals surface area contributed by atoms with Gasteiger partial charge in [-0.2, -0.15) is 0 Å². The molecule has 3 N–H and O–H groups in total. The highest BCUT2D eigenvalue weighted by Gasteiger charge is 2.27. The molecule has 0 spiro atoms. The standard InChI is InChI=1S/C45H52N2O6/c1-3-5-9-23-39(28-34-17-10-6-11-18-34)45(51)53-42(37-21-14-8-15-22-37)31-46-44(50)38(16-4-2)30-43(49)47-40(32-48)29-35-24-26-41(27-25-35)52-33-36-19-12-7-13-20-36/h3-4,6-8,10-15,17-22,24-27,38-40,42,48H,1-2,5,9,16,23,28-33H2,(H,46,50)(H,47,49). The lowest BCUT2D eigenvalue weighted by atomic mass is 9.94. The highest BCUT2D eigenvalue weighted by molar-refractivity contribution is 5.86. The van der Waals surface area contributed by atoms with Gasteiger partial charge in [-0.25, -0.2) is 0 Å². The van der Waals surface area contributed by atoms with Crippen LogP contribution in [0.25, 0.3) is 0 Å². The number of carbonyl (C=O) groups excluding carboxylic acids is 3. The molecule has 0 radical (unpaired) electrons. The zero-order valence-electron chi connectivity index (χ0n) is 30.4. The van der Waals surface area contributed by atoms with Crippen molar-refractivity contribution in [2.24, 2.45) is 11.8 Å². The molecule has 0 aromatic heterocycles. The van der Waals surface area contributed by atoms with Gasteiger partial charge in [0.25, 0.3) is 0 Å². The second-order valence-corrected chi connectivity index (χ2v) is 13.2. The molecule has 0 bridgehead atoms. The van der Waals surface area contributed by atoms with Crippen molar-refractivity contribution in [3.63, 3.8) is 0 Å². The number of allylic oxidation sites excluding steroid dienone is 2. The van der Waals surface area contributed by atoms with Crippen LogP contribution in [0.5, 0.6) is 5.75 Å². The predicted molar refractivity (Wildman–Crippen MR) is 209 cm³/mol. The number of nitrogens with one attached hydrogen (secondary N) is 2. The molecule has 0 aliphatic carbocycles. The van der Waals surface area contributed by atoms with Gasteiger partial charge in [-0.15, -0.1) is 13.2 Å². The van der Waals surface area contributed by atoms with Crippen LogP contribution in [0.3, 0.4) is 0 Å². The van der Waals surface area contributed by atoms with E-state index in [1.807, 2.05) is 121 Å². The molecule has 53 heavy (non-hydrogen) atoms. The summed E-state index contributed by atoms with van der Waals surface area (Å²) in [6.07, 6.45) is 6.10. The Balaban J connectivity index is 1.33. The van der Waals surface area contributed by atoms with Crippen LogP contribution < -0.4 is 15.4 Å². The Labute approximate surface area is 313 Å². The van der Waals surface area contributed by atoms with Crippen LogP contribution in [0.4, 0.5) is 0 Å². The van der Waals surface area contributed by atoms with E-state index in [0.717, 1.165) is 40.8 Å². The van der Waals surface area contributed by atoms with Gasteiger partial charge in [0.15, 0.2) is 0 Å². The van der Waals surface area contributed by atoms with Gasteiger partial charge in [-0.05, 0) is 72.9 Å². The Morgan fingerprint density at radius 2 is 1.36 bits per heavy atom. The third-order valence-corrected chi connectivity index (χ3v) is 9.00. The van der Waals surface area contributed by atoms with Crippen molar-refractivity contribution >= 4 is 17.8 Å². The molecule has 0 aliphatic rings. The Bertz CT molecular complexity index is 1700. The number of aliphatic hydroxyl groups is 1. The third-order valence-electron chi connectivity index (χ3n) is 9.00. The molecule has 2 amide bonds. The fraction of sp³-hybridized carbons (Fsp3) is 0.311. The molecule has 8 heteroatoms. The molecule has 4 aromatic carbocycles. The molecule has 0 saturated carbocycles. The number of amides is 2. The number of hydrogen-bond donors (Lipinski definition) is 3. The number of hydrogen-bond acceptors (Lipinski definition) is 6. The molecule has 8 nitrogen and oxygen atoms in total. The van der Waals surface area contributed by atoms with Gasteiger partial charge in [0.2, 0.25) is 11.8 Å². The Kier molecular flexibility index (Phi) is 17.1. The van der Waals surface area contributed by atoms with Crippen LogP contribution in [0.15, 0.2) is 141 Å². The number of carbonyl (C=O) groups is 3. The largest absolute Gasteiger partial charge is 0.489 e. The fourth-order valence-electron chi connectivity index (χ4n) is 6.08. The molecule has 0 fully saturated rings. The number of unbranched alkanes of at least 4 members (excludes halogenated alkanes) is 1. The fourth-order valence-corrected chi connectivity index (χ4v) is 6.08. The van der Waals surface area contributed by atoms with Crippen LogP contribution in [0.2, 0.25) is 0 Å². The molecule has 278 valence electrons. The first-order valence-electron chi connectivity index (χ1n) is 18.3. The van der Waals surface area contributed by atoms with Crippen molar-refractivity contribution in [1.29, 1.82) is 0 Å². The van der Waals surface area contributed by atoms with Gasteiger partial charge in [-0.3, -0.25) is 14.4 Å². The van der Waals surface area contributed by atoms with E-state index in [1.165, 1.54) is 0 Å². The maximum absolute atomic E-state index is 13.7. The lowest BCUT2D eigenvalue weighted by Crippen LogP contribution is -2.42. The highest BCUT2D eigenvalue weighted by atomic mass is 16.5. The van der Waals surface area contributed by atoms with Crippen molar-refractivity contribution in [2.75, 3.05) is 13.2 Å². The zero-order valence-corrected chi connectivity index (χ0v) is 30.4. The molecule has 4 atom stereocenters. The monoisotopic (exact) mass is 716 g/mol. The van der Waals surface area contributed by atoms with Crippen molar-refractivity contribution in [2.45, 2.75) is 63.7 Å². The van der Waals surface area contributed by atoms with Crippen molar-refractivity contribution in [3.05, 3.63) is 163 Å². The topological polar surface area (TPSA) is 114 Å². The minimum atomic E-state index is -0.725. The molecule has 4 unspecified atom stereocenters. The van der Waals surface area contributed by atoms with E-state index in [4.69, 9.17) is 9.47 Å². The third kappa shape index (κ3) is 14.2. The van der Waals surface area contributed by atoms with Crippen LogP contribution in [0, 0.1) is 11.8 Å². The summed E-state index contributed by atoms with van der Waals surface area (Å²) in [5, 5.41) is 15.9. The van der Waals surface area contributed by atoms with E-state index in [1.54, 1.807) is 6.08 Å². The predicted octanol–water partition coefficient (Wildman–Crippen LogP) is 7.48. The summed E-state index contributed by atoms with van der Waals surface area (Å²) in [6, 6.07) is 36.1. The summed E-state index contributed by atoms with van der Waals surface area (Å²) in [5.41, 5.74) is 3.80. The van der Waals surface area contributed by atoms with Gasteiger partial charge < -0.3 is 25.2 Å². The van der Waals surface area contributed by atoms with E-state index < -0.39 is 18.1 Å². The van der Waals surface area contributed by atoms with E-state index in [9.17, 15) is 19.5 Å². The average molecular weight is 717 g/mol. The number of esters is 1. The Morgan fingerprint density at radius 3 is 1.98 bits per heavy atom. The summed E-state index contributed by atoms with van der Waals surface area (Å²) in [6.45, 7) is 7.83. The summed E-state index contributed by atoms with van der Waals surface area (Å²) >= 11 is 0. The molecule has 4 aromatic rings. The van der Waals surface area contributed by atoms with Crippen LogP contribution >= 0.6 is 0 Å². The van der Waals surface area contributed by atoms with Crippen molar-refractivity contribution < 1.29 is 29.0 Å². The smallest absolute Gasteiger partial charge is 0.309 e. The van der Waals surface area contributed by atoms with E-state index in [2.05, 4.69) is 23.8 Å². The molecular weight excluding hydrogens is 665 g/mol. The first-order valence-corrected chi connectivity index (χ1v) is 18.3. The summed E-state index contributed by atoms with van der Waals surface area (Å²) in [5.74, 6) is -1.38. The van der Waals surface area contributed by atoms with Crippen molar-refractivity contribution in [3.8, 4) is 5.75 Å². The zero-order chi connectivity index (χ0) is 37.7. The first-order chi connectivity index (χ1) is 25.9. The maximum Gasteiger partial charge on any atom is 0.309 e. The molecule has 0 heterocycles. The second kappa shape index (κ2) is 22.5. The van der Waals surface area contributed by atoms with Gasteiger partial charge in [0.1, 0.15) is 18.5 Å². The maximum atomic E-state index is 13.7. The van der Waals surface area contributed by atoms with Gasteiger partial charge in [-0.1, -0.05) is 115 Å². The summed E-state index contributed by atoms with van der Waals surface area (Å²) in [7, 11) is 0. The molecular formula is C45H52N2O6. The minimum absolute atomic E-state index is 0.0406. The van der Waals surface area contributed by atoms with Crippen LogP contribution in [-0.2, 0) is 38.6 Å². The molecule has 0 saturated heterocycles. The van der Waals surface area contributed by atoms with Crippen LogP contribution in [-0.4, -0.2) is 42.1 Å². The van der Waals surface area contributed by atoms with Gasteiger partial charge in [0.05, 0.1) is 31.0 Å². The molecule has 4 rings (SSSR count). The minimum Gasteiger partial charge on any atom is -0.489 e. The summed E-state index contributed by atoms with van der Waals surface area (Å²) in [4.78, 5) is 40.3. The molecule has 0 aliphatic heterocycles. The van der Waals surface area contributed by atoms with Crippen LogP contribution in [0.1, 0.15) is 60.5 Å². The lowest BCUT2D eigenvalue weighted by Gasteiger charge is -2.24. The Morgan fingerprint density at radius 1 is 0.736 bits per heavy atom. The number of benzene rings is 4. The second-order valence-electron chi connectivity index (χ2n) is 13.2. The summed E-state index contributed by atoms with van der Waals surface area (Å²) < 4.78 is 12.0.